The Morgan fingerprint density at radius 1 is 1.35 bits per heavy atom. The predicted molar refractivity (Wildman–Crippen MR) is 72.9 cm³/mol. The minimum absolute atomic E-state index is 0.121. The zero-order chi connectivity index (χ0) is 14.5. The van der Waals surface area contributed by atoms with Gasteiger partial charge < -0.3 is 14.6 Å². The summed E-state index contributed by atoms with van der Waals surface area (Å²) in [5, 5.41) is 10.6. The van der Waals surface area contributed by atoms with E-state index < -0.39 is 11.9 Å². The number of carboxylic acid groups (broad SMARTS) is 1. The minimum Gasteiger partial charge on any atom is -0.550 e. The minimum atomic E-state index is -1.17. The molecule has 0 fully saturated rings. The summed E-state index contributed by atoms with van der Waals surface area (Å²) in [5.41, 5.74) is 1.93. The highest BCUT2D eigenvalue weighted by molar-refractivity contribution is 6.01. The molecule has 20 heavy (non-hydrogen) atoms. The second-order valence-electron chi connectivity index (χ2n) is 4.84. The van der Waals surface area contributed by atoms with Crippen LogP contribution in [0.4, 0.5) is 0 Å². The summed E-state index contributed by atoms with van der Waals surface area (Å²) in [6.45, 7) is 2.54. The van der Waals surface area contributed by atoms with E-state index in [0.717, 1.165) is 16.9 Å². The van der Waals surface area contributed by atoms with Gasteiger partial charge in [-0.15, -0.1) is 0 Å². The molecule has 0 heterocycles. The Labute approximate surface area is 118 Å². The molecular weight excluding hydrogens is 256 g/mol. The molecule has 1 atom stereocenters. The molecule has 1 aromatic carbocycles. The average molecular weight is 273 g/mol. The maximum Gasteiger partial charge on any atom is 0.159 e. The van der Waals surface area contributed by atoms with Gasteiger partial charge in [0, 0.05) is 11.9 Å². The van der Waals surface area contributed by atoms with E-state index in [1.165, 1.54) is 0 Å². The number of hydrogen-bond acceptors (Lipinski definition) is 4. The molecule has 0 spiro atoms. The van der Waals surface area contributed by atoms with Gasteiger partial charge in [-0.25, -0.2) is 0 Å². The largest absolute Gasteiger partial charge is 0.550 e. The summed E-state index contributed by atoms with van der Waals surface area (Å²) >= 11 is 0. The molecule has 2 rings (SSSR count). The van der Waals surface area contributed by atoms with Crippen LogP contribution in [0.25, 0.3) is 5.57 Å². The van der Waals surface area contributed by atoms with Gasteiger partial charge in [-0.1, -0.05) is 12.1 Å². The molecule has 106 valence electrons. The maximum absolute atomic E-state index is 11.9. The van der Waals surface area contributed by atoms with E-state index in [9.17, 15) is 14.7 Å². The van der Waals surface area contributed by atoms with Crippen LogP contribution in [0.15, 0.2) is 30.3 Å². The quantitative estimate of drug-likeness (QED) is 0.817. The lowest BCUT2D eigenvalue weighted by atomic mass is 9.84. The van der Waals surface area contributed by atoms with Gasteiger partial charge in [0.15, 0.2) is 5.78 Å². The lowest BCUT2D eigenvalue weighted by Crippen LogP contribution is -2.29. The molecule has 1 aromatic rings. The first kappa shape index (κ1) is 14.3. The Morgan fingerprint density at radius 3 is 2.60 bits per heavy atom. The van der Waals surface area contributed by atoms with E-state index in [0.29, 0.717) is 19.4 Å². The summed E-state index contributed by atoms with van der Waals surface area (Å²) in [5.74, 6) is -0.925. The summed E-state index contributed by atoms with van der Waals surface area (Å²) in [6, 6.07) is 7.58. The van der Waals surface area contributed by atoms with Crippen LogP contribution in [0, 0.1) is 5.92 Å². The molecule has 0 aromatic heterocycles. The third-order valence-corrected chi connectivity index (χ3v) is 3.43. The van der Waals surface area contributed by atoms with Crippen molar-refractivity contribution >= 4 is 17.3 Å². The van der Waals surface area contributed by atoms with Crippen molar-refractivity contribution in [1.82, 2.24) is 0 Å². The van der Waals surface area contributed by atoms with Gasteiger partial charge in [0.25, 0.3) is 0 Å². The lowest BCUT2D eigenvalue weighted by Gasteiger charge is -2.21. The number of carbonyl (C=O) groups is 2. The highest BCUT2D eigenvalue weighted by atomic mass is 16.5. The third-order valence-electron chi connectivity index (χ3n) is 3.43. The van der Waals surface area contributed by atoms with Crippen molar-refractivity contribution in [3.8, 4) is 5.75 Å². The Hall–Kier alpha value is -2.10. The van der Waals surface area contributed by atoms with Crippen LogP contribution < -0.4 is 9.84 Å². The van der Waals surface area contributed by atoms with Gasteiger partial charge >= 0.3 is 0 Å². The van der Waals surface area contributed by atoms with E-state index in [4.69, 9.17) is 4.74 Å². The molecule has 0 saturated carbocycles. The van der Waals surface area contributed by atoms with E-state index in [1.54, 1.807) is 6.08 Å². The second kappa shape index (κ2) is 6.37. The first-order valence-electron chi connectivity index (χ1n) is 6.77. The molecule has 0 amide bonds. The molecule has 4 heteroatoms. The van der Waals surface area contributed by atoms with E-state index in [-0.39, 0.29) is 12.2 Å². The first-order chi connectivity index (χ1) is 9.60. The molecule has 4 nitrogen and oxygen atoms in total. The molecule has 0 saturated heterocycles. The zero-order valence-corrected chi connectivity index (χ0v) is 11.4. The summed E-state index contributed by atoms with van der Waals surface area (Å²) in [7, 11) is 0. The van der Waals surface area contributed by atoms with Gasteiger partial charge in [0.2, 0.25) is 0 Å². The van der Waals surface area contributed by atoms with E-state index >= 15 is 0 Å². The normalized spacial score (nSPS) is 18.6. The summed E-state index contributed by atoms with van der Waals surface area (Å²) < 4.78 is 5.37. The Balaban J connectivity index is 2.10. The fourth-order valence-electron chi connectivity index (χ4n) is 2.40. The van der Waals surface area contributed by atoms with Crippen LogP contribution >= 0.6 is 0 Å². The number of carbonyl (C=O) groups excluding carboxylic acids is 2. The molecular formula is C16H17O4-. The van der Waals surface area contributed by atoms with Gasteiger partial charge in [0.1, 0.15) is 5.75 Å². The summed E-state index contributed by atoms with van der Waals surface area (Å²) in [4.78, 5) is 22.5. The van der Waals surface area contributed by atoms with Gasteiger partial charge in [-0.2, -0.15) is 0 Å². The van der Waals surface area contributed by atoms with Crippen LogP contribution in [0.5, 0.6) is 5.75 Å². The first-order valence-corrected chi connectivity index (χ1v) is 6.77. The molecule has 0 unspecified atom stereocenters. The molecule has 0 N–H and O–H groups in total. The second-order valence-corrected chi connectivity index (χ2v) is 4.84. The molecule has 0 aliphatic heterocycles. The number of aliphatic carboxylic acids is 1. The van der Waals surface area contributed by atoms with Crippen molar-refractivity contribution in [1.29, 1.82) is 0 Å². The Morgan fingerprint density at radius 2 is 2.05 bits per heavy atom. The van der Waals surface area contributed by atoms with Crippen molar-refractivity contribution < 1.29 is 19.4 Å². The number of ketones is 1. The SMILES string of the molecule is CCOc1ccc(C2=CC(=O)[C@H](CC(=O)[O-])CC2)cc1. The standard InChI is InChI=1S/C16H18O4/c1-2-20-14-7-5-11(6-8-14)12-3-4-13(10-16(18)19)15(17)9-12/h5-9,13H,2-4,10H2,1H3,(H,18,19)/p-1/t13-/m0/s1. The summed E-state index contributed by atoms with van der Waals surface area (Å²) in [6.07, 6.45) is 2.64. The van der Waals surface area contributed by atoms with Gasteiger partial charge in [0.05, 0.1) is 6.61 Å². The van der Waals surface area contributed by atoms with Crippen LogP contribution in [0.3, 0.4) is 0 Å². The Bertz CT molecular complexity index is 528. The number of ether oxygens (including phenoxy) is 1. The van der Waals surface area contributed by atoms with Crippen molar-refractivity contribution in [2.24, 2.45) is 5.92 Å². The number of carboxylic acids is 1. The lowest BCUT2D eigenvalue weighted by molar-refractivity contribution is -0.306. The number of rotatable bonds is 5. The predicted octanol–water partition coefficient (Wildman–Crippen LogP) is 1.59. The molecule has 1 aliphatic carbocycles. The number of allylic oxidation sites excluding steroid dienone is 2. The Kier molecular flexibility index (Phi) is 4.56. The maximum atomic E-state index is 11.9. The molecule has 0 bridgehead atoms. The number of benzene rings is 1. The van der Waals surface area contributed by atoms with Crippen LogP contribution in [0.1, 0.15) is 31.7 Å². The fourth-order valence-corrected chi connectivity index (χ4v) is 2.40. The average Bonchev–Trinajstić information content (AvgIpc) is 2.42. The van der Waals surface area contributed by atoms with Crippen LogP contribution in [0.2, 0.25) is 0 Å². The van der Waals surface area contributed by atoms with E-state index in [1.807, 2.05) is 31.2 Å². The van der Waals surface area contributed by atoms with Crippen LogP contribution in [-0.4, -0.2) is 18.4 Å². The number of hydrogen-bond donors (Lipinski definition) is 0. The van der Waals surface area contributed by atoms with Crippen molar-refractivity contribution in [2.45, 2.75) is 26.2 Å². The zero-order valence-electron chi connectivity index (χ0n) is 11.4. The highest BCUT2D eigenvalue weighted by Crippen LogP contribution is 2.30. The van der Waals surface area contributed by atoms with Crippen molar-refractivity contribution in [2.75, 3.05) is 6.61 Å². The van der Waals surface area contributed by atoms with Crippen molar-refractivity contribution in [3.63, 3.8) is 0 Å². The molecule has 1 aliphatic rings. The van der Waals surface area contributed by atoms with Gasteiger partial charge in [-0.05, 0) is 55.5 Å². The topological polar surface area (TPSA) is 66.4 Å². The third kappa shape index (κ3) is 3.47. The molecule has 0 radical (unpaired) electrons. The van der Waals surface area contributed by atoms with E-state index in [2.05, 4.69) is 0 Å². The highest BCUT2D eigenvalue weighted by Gasteiger charge is 2.22. The monoisotopic (exact) mass is 273 g/mol. The smallest absolute Gasteiger partial charge is 0.159 e. The van der Waals surface area contributed by atoms with Crippen molar-refractivity contribution in [3.05, 3.63) is 35.9 Å². The van der Waals surface area contributed by atoms with Crippen LogP contribution in [-0.2, 0) is 9.59 Å². The van der Waals surface area contributed by atoms with Gasteiger partial charge in [-0.3, -0.25) is 4.79 Å². The fraction of sp³-hybridized carbons (Fsp3) is 0.375.